The molecule has 3 fully saturated rings. The zero-order chi connectivity index (χ0) is 30.7. The third kappa shape index (κ3) is 5.47. The van der Waals surface area contributed by atoms with Crippen molar-refractivity contribution in [2.24, 2.45) is 11.8 Å². The van der Waals surface area contributed by atoms with Crippen molar-refractivity contribution in [1.82, 2.24) is 4.90 Å². The number of hydrogen-bond acceptors (Lipinski definition) is 6. The Balaban J connectivity index is 1.53. The third-order valence-corrected chi connectivity index (χ3v) is 10.9. The van der Waals surface area contributed by atoms with Gasteiger partial charge in [-0.25, -0.2) is 0 Å². The van der Waals surface area contributed by atoms with E-state index >= 15 is 0 Å². The van der Waals surface area contributed by atoms with E-state index in [-0.39, 0.29) is 49.2 Å². The van der Waals surface area contributed by atoms with Gasteiger partial charge in [-0.1, -0.05) is 35.9 Å². The highest BCUT2D eigenvalue weighted by Crippen LogP contribution is 2.67. The smallest absolute Gasteiger partial charge is 0.251 e. The van der Waals surface area contributed by atoms with E-state index in [1.807, 2.05) is 37.3 Å². The van der Waals surface area contributed by atoms with Crippen molar-refractivity contribution < 1.29 is 24.2 Å². The minimum absolute atomic E-state index is 0.0973. The fourth-order valence-electron chi connectivity index (χ4n) is 6.97. The second-order valence-corrected chi connectivity index (χ2v) is 13.0. The summed E-state index contributed by atoms with van der Waals surface area (Å²) in [6.07, 6.45) is 5.01. The minimum Gasteiger partial charge on any atom is -0.494 e. The van der Waals surface area contributed by atoms with Crippen LogP contribution in [0.5, 0.6) is 5.75 Å². The maximum Gasteiger partial charge on any atom is 0.251 e. The molecular weight excluding hydrogens is 586 g/mol. The van der Waals surface area contributed by atoms with Gasteiger partial charge in [-0.15, -0.1) is 24.9 Å². The molecule has 0 aromatic heterocycles. The molecule has 3 amide bonds. The molecule has 1 N–H and O–H groups in total. The molecule has 1 spiro atoms. The standard InChI is InChI=1S/C33H38ClN3O5S/c1-4-18-35(22-12-14-23(15-13-22)42-6-3)30(39)27-26-16-17-33(43-26)28(27)31(40)37(20-9-21-38)29(33)32(41)36(19-5-2)25-11-8-7-10-24(25)34/h4-5,7-8,10-15,26-29,38H,1-2,6,9,16-21H2,3H3/t26-,27+,28-,29?,33?/m0/s1. The number of carbonyl (C=O) groups excluding carboxylic acids is 3. The van der Waals surface area contributed by atoms with Crippen LogP contribution in [0.2, 0.25) is 5.02 Å². The predicted molar refractivity (Wildman–Crippen MR) is 172 cm³/mol. The molecule has 3 aliphatic heterocycles. The van der Waals surface area contributed by atoms with Gasteiger partial charge >= 0.3 is 0 Å². The fourth-order valence-corrected chi connectivity index (χ4v) is 9.41. The Morgan fingerprint density at radius 1 is 1.12 bits per heavy atom. The van der Waals surface area contributed by atoms with Gasteiger partial charge in [0.1, 0.15) is 11.8 Å². The minimum atomic E-state index is -0.807. The van der Waals surface area contributed by atoms with Crippen LogP contribution in [-0.4, -0.2) is 76.6 Å². The lowest BCUT2D eigenvalue weighted by molar-refractivity contribution is -0.139. The van der Waals surface area contributed by atoms with Gasteiger partial charge in [-0.05, 0) is 62.6 Å². The van der Waals surface area contributed by atoms with Crippen molar-refractivity contribution in [2.45, 2.75) is 42.2 Å². The zero-order valence-corrected chi connectivity index (χ0v) is 25.9. The third-order valence-electron chi connectivity index (χ3n) is 8.63. The zero-order valence-electron chi connectivity index (χ0n) is 24.4. The van der Waals surface area contributed by atoms with Crippen LogP contribution in [0.4, 0.5) is 11.4 Å². The number of fused-ring (bicyclic) bond motifs is 1. The molecule has 2 aromatic rings. The van der Waals surface area contributed by atoms with Gasteiger partial charge < -0.3 is 24.5 Å². The van der Waals surface area contributed by atoms with Crippen LogP contribution in [0, 0.1) is 11.8 Å². The van der Waals surface area contributed by atoms with Crippen LogP contribution in [-0.2, 0) is 14.4 Å². The van der Waals surface area contributed by atoms with E-state index in [9.17, 15) is 19.5 Å². The molecule has 2 bridgehead atoms. The molecule has 0 saturated carbocycles. The molecule has 5 rings (SSSR count). The molecule has 5 atom stereocenters. The van der Waals surface area contributed by atoms with Gasteiger partial charge in [0, 0.05) is 37.2 Å². The van der Waals surface area contributed by atoms with E-state index in [1.54, 1.807) is 56.8 Å². The van der Waals surface area contributed by atoms with Crippen molar-refractivity contribution in [3.8, 4) is 5.75 Å². The first-order chi connectivity index (χ1) is 20.8. The van der Waals surface area contributed by atoms with Crippen LogP contribution >= 0.6 is 23.4 Å². The highest BCUT2D eigenvalue weighted by atomic mass is 35.5. The van der Waals surface area contributed by atoms with E-state index in [1.165, 1.54) is 0 Å². The Morgan fingerprint density at radius 2 is 1.81 bits per heavy atom. The van der Waals surface area contributed by atoms with Crippen LogP contribution in [0.15, 0.2) is 73.8 Å². The average Bonchev–Trinajstić information content (AvgIpc) is 3.65. The highest BCUT2D eigenvalue weighted by molar-refractivity contribution is 8.02. The van der Waals surface area contributed by atoms with Gasteiger partial charge in [0.05, 0.1) is 33.9 Å². The van der Waals surface area contributed by atoms with E-state index < -0.39 is 22.6 Å². The first-order valence-electron chi connectivity index (χ1n) is 14.7. The maximum absolute atomic E-state index is 14.6. The van der Waals surface area contributed by atoms with Crippen LogP contribution in [0.1, 0.15) is 26.2 Å². The molecule has 3 saturated heterocycles. The lowest BCUT2D eigenvalue weighted by Gasteiger charge is -2.37. The number of hydrogen-bond donors (Lipinski definition) is 1. The Labute approximate surface area is 262 Å². The SMILES string of the molecule is C=CCN(C(=O)[C@@H]1[C@@H]2CCC3(S2)C(C(=O)N(CC=C)c2ccccc2Cl)N(CCCO)C(=O)[C@H]13)c1ccc(OCC)cc1. The Morgan fingerprint density at radius 3 is 2.47 bits per heavy atom. The number of thioether (sulfide) groups is 1. The highest BCUT2D eigenvalue weighted by Gasteiger charge is 2.74. The number of carbonyl (C=O) groups is 3. The van der Waals surface area contributed by atoms with Crippen molar-refractivity contribution in [3.05, 3.63) is 78.9 Å². The summed E-state index contributed by atoms with van der Waals surface area (Å²) in [4.78, 5) is 48.2. The number of ether oxygens (including phenoxy) is 1. The molecule has 2 aromatic carbocycles. The fraction of sp³-hybridized carbons (Fsp3) is 0.424. The molecule has 3 aliphatic rings. The van der Waals surface area contributed by atoms with Crippen LogP contribution < -0.4 is 14.5 Å². The van der Waals surface area contributed by atoms with Crippen molar-refractivity contribution in [2.75, 3.05) is 42.6 Å². The van der Waals surface area contributed by atoms with E-state index in [0.717, 1.165) is 6.42 Å². The summed E-state index contributed by atoms with van der Waals surface area (Å²) in [5.41, 5.74) is 1.24. The van der Waals surface area contributed by atoms with Crippen molar-refractivity contribution in [3.63, 3.8) is 0 Å². The Hall–Kier alpha value is -3.27. The number of benzene rings is 2. The second kappa shape index (κ2) is 13.2. The number of likely N-dealkylation sites (tertiary alicyclic amines) is 1. The van der Waals surface area contributed by atoms with Crippen molar-refractivity contribution >= 4 is 52.5 Å². The van der Waals surface area contributed by atoms with E-state index in [0.29, 0.717) is 41.6 Å². The maximum atomic E-state index is 14.6. The molecule has 10 heteroatoms. The van der Waals surface area contributed by atoms with Gasteiger partial charge in [0.2, 0.25) is 11.8 Å². The number of nitrogens with zero attached hydrogens (tertiary/aromatic N) is 3. The number of amides is 3. The molecule has 3 heterocycles. The largest absolute Gasteiger partial charge is 0.494 e. The molecule has 43 heavy (non-hydrogen) atoms. The molecule has 2 unspecified atom stereocenters. The summed E-state index contributed by atoms with van der Waals surface area (Å²) < 4.78 is 4.81. The number of para-hydroxylation sites is 1. The monoisotopic (exact) mass is 623 g/mol. The van der Waals surface area contributed by atoms with Gasteiger partial charge in [-0.2, -0.15) is 0 Å². The van der Waals surface area contributed by atoms with Crippen LogP contribution in [0.25, 0.3) is 0 Å². The Bertz CT molecular complexity index is 1390. The second-order valence-electron chi connectivity index (χ2n) is 11.0. The summed E-state index contributed by atoms with van der Waals surface area (Å²) in [6.45, 7) is 10.8. The lowest BCUT2D eigenvalue weighted by Crippen LogP contribution is -2.55. The number of anilines is 2. The van der Waals surface area contributed by atoms with Crippen molar-refractivity contribution in [1.29, 1.82) is 0 Å². The average molecular weight is 624 g/mol. The molecular formula is C33H38ClN3O5S. The topological polar surface area (TPSA) is 90.4 Å². The summed E-state index contributed by atoms with van der Waals surface area (Å²) in [7, 11) is 0. The predicted octanol–water partition coefficient (Wildman–Crippen LogP) is 4.95. The Kier molecular flexibility index (Phi) is 9.54. The first kappa shape index (κ1) is 31.2. The number of halogens is 1. The molecule has 8 nitrogen and oxygen atoms in total. The van der Waals surface area contributed by atoms with Crippen LogP contribution in [0.3, 0.4) is 0 Å². The summed E-state index contributed by atoms with van der Waals surface area (Å²) in [6, 6.07) is 13.7. The van der Waals surface area contributed by atoms with Gasteiger partial charge in [-0.3, -0.25) is 14.4 Å². The molecule has 228 valence electrons. The molecule has 0 radical (unpaired) electrons. The lowest BCUT2D eigenvalue weighted by atomic mass is 9.70. The summed E-state index contributed by atoms with van der Waals surface area (Å²) in [5, 5.41) is 10.0. The summed E-state index contributed by atoms with van der Waals surface area (Å²) >= 11 is 8.16. The number of rotatable bonds is 13. The van der Waals surface area contributed by atoms with E-state index in [2.05, 4.69) is 13.2 Å². The van der Waals surface area contributed by atoms with Gasteiger partial charge in [0.25, 0.3) is 5.91 Å². The molecule has 0 aliphatic carbocycles. The number of aliphatic hydroxyl groups excluding tert-OH is 1. The number of aliphatic hydroxyl groups is 1. The first-order valence-corrected chi connectivity index (χ1v) is 16.0. The van der Waals surface area contributed by atoms with E-state index in [4.69, 9.17) is 16.3 Å². The normalized spacial score (nSPS) is 25.4. The quantitative estimate of drug-likeness (QED) is 0.318. The van der Waals surface area contributed by atoms with Gasteiger partial charge in [0.15, 0.2) is 0 Å². The summed E-state index contributed by atoms with van der Waals surface area (Å²) in [5.74, 6) is -1.16.